The average molecular weight is 709 g/mol. The summed E-state index contributed by atoms with van der Waals surface area (Å²) >= 11 is 0. The van der Waals surface area contributed by atoms with Gasteiger partial charge in [0.2, 0.25) is 0 Å². The first kappa shape index (κ1) is 34.3. The molecule has 0 aliphatic carbocycles. The maximum absolute atomic E-state index is 12.2. The van der Waals surface area contributed by atoms with Crippen molar-refractivity contribution in [2.75, 3.05) is 11.5 Å². The molecule has 0 heterocycles. The van der Waals surface area contributed by atoms with E-state index >= 15 is 0 Å². The number of hydrogen-bond donors (Lipinski definition) is 4. The summed E-state index contributed by atoms with van der Waals surface area (Å²) in [7, 11) is -9.28. The quantitative estimate of drug-likeness (QED) is 0.0711. The van der Waals surface area contributed by atoms with Gasteiger partial charge >= 0.3 is 0 Å². The number of anilines is 2. The van der Waals surface area contributed by atoms with Crippen LogP contribution in [0.15, 0.2) is 115 Å². The Morgan fingerprint density at radius 2 is 0.820 bits per heavy atom. The van der Waals surface area contributed by atoms with Crippen LogP contribution in [0, 0.1) is 27.7 Å². The first-order chi connectivity index (χ1) is 23.5. The third-order valence-corrected chi connectivity index (χ3v) is 10.3. The minimum absolute atomic E-state index is 0.106. The van der Waals surface area contributed by atoms with Gasteiger partial charge in [0.15, 0.2) is 0 Å². The summed E-state index contributed by atoms with van der Waals surface area (Å²) in [6.07, 6.45) is 0. The monoisotopic (exact) mass is 708 g/mol. The van der Waals surface area contributed by atoms with Crippen molar-refractivity contribution in [3.63, 3.8) is 0 Å². The molecular weight excluding hydrogens is 677 g/mol. The first-order valence-electron chi connectivity index (χ1n) is 15.2. The van der Waals surface area contributed by atoms with Gasteiger partial charge in [-0.15, -0.1) is 20.5 Å². The predicted molar refractivity (Wildman–Crippen MR) is 196 cm³/mol. The van der Waals surface area contributed by atoms with Crippen LogP contribution in [-0.4, -0.2) is 25.9 Å². The van der Waals surface area contributed by atoms with E-state index in [9.17, 15) is 25.9 Å². The van der Waals surface area contributed by atoms with E-state index in [0.29, 0.717) is 22.1 Å². The molecule has 0 bridgehead atoms. The van der Waals surface area contributed by atoms with E-state index in [1.54, 1.807) is 60.7 Å². The molecule has 0 radical (unpaired) electrons. The van der Waals surface area contributed by atoms with Crippen molar-refractivity contribution in [2.45, 2.75) is 37.5 Å². The molecule has 12 nitrogen and oxygen atoms in total. The molecule has 0 spiro atoms. The molecule has 6 aromatic carbocycles. The summed E-state index contributed by atoms with van der Waals surface area (Å²) in [5.74, 6) is 0. The summed E-state index contributed by atoms with van der Waals surface area (Å²) in [5.41, 5.74) is 18.3. The molecule has 0 unspecified atom stereocenters. The summed E-state index contributed by atoms with van der Waals surface area (Å²) in [4.78, 5) is -0.823. The second-order valence-corrected chi connectivity index (χ2v) is 14.7. The molecule has 0 amide bonds. The lowest BCUT2D eigenvalue weighted by Crippen LogP contribution is -2.04. The highest BCUT2D eigenvalue weighted by Gasteiger charge is 2.23. The number of nitrogens with zero attached hydrogens (tertiary/aromatic N) is 4. The summed E-state index contributed by atoms with van der Waals surface area (Å²) in [6, 6.07) is 24.4. The zero-order valence-corrected chi connectivity index (χ0v) is 29.0. The second-order valence-electron chi connectivity index (χ2n) is 12.0. The van der Waals surface area contributed by atoms with Gasteiger partial charge in [-0.2, -0.15) is 16.8 Å². The van der Waals surface area contributed by atoms with Gasteiger partial charge in [0.1, 0.15) is 21.2 Å². The lowest BCUT2D eigenvalue weighted by Gasteiger charge is -2.13. The van der Waals surface area contributed by atoms with E-state index in [-0.39, 0.29) is 33.5 Å². The molecule has 254 valence electrons. The smallest absolute Gasteiger partial charge is 0.297 e. The topological polar surface area (TPSA) is 210 Å². The van der Waals surface area contributed by atoms with Crippen molar-refractivity contribution in [1.29, 1.82) is 0 Å². The first-order valence-corrected chi connectivity index (χ1v) is 18.1. The third-order valence-electron chi connectivity index (χ3n) is 8.38. The minimum Gasteiger partial charge on any atom is -0.396 e. The highest BCUT2D eigenvalue weighted by Crippen LogP contribution is 2.41. The number of fused-ring (bicyclic) bond motifs is 2. The number of aryl methyl sites for hydroxylation is 4. The van der Waals surface area contributed by atoms with Gasteiger partial charge in [-0.3, -0.25) is 9.11 Å². The standard InChI is InChI=1S/C36H32N6O6S2/c1-19-13-25(14-20(2)33(19)41-39-29-17-23-9-5-7-11-27(23)35(31(29)37)49(43,44)45)26-15-21(3)34(22(4)16-26)42-40-30-18-24-10-6-8-12-28(24)36(32(30)38)50(46,47)48/h5-18H,37-38H2,1-4H3,(H,43,44,45)(H,46,47,48)/b41-39+,42-40+. The Bertz CT molecular complexity index is 2440. The molecule has 6 aromatic rings. The molecule has 0 saturated carbocycles. The fourth-order valence-electron chi connectivity index (χ4n) is 6.12. The number of azo groups is 2. The Hall–Kier alpha value is -5.54. The van der Waals surface area contributed by atoms with Crippen LogP contribution in [0.2, 0.25) is 0 Å². The Kier molecular flexibility index (Phi) is 8.74. The zero-order valence-electron chi connectivity index (χ0n) is 27.4. The fourth-order valence-corrected chi connectivity index (χ4v) is 7.81. The Labute approximate surface area is 288 Å². The van der Waals surface area contributed by atoms with E-state index in [1.807, 2.05) is 52.0 Å². The maximum atomic E-state index is 12.2. The molecule has 0 saturated heterocycles. The molecule has 0 atom stereocenters. The maximum Gasteiger partial charge on any atom is 0.297 e. The highest BCUT2D eigenvalue weighted by atomic mass is 32.2. The van der Waals surface area contributed by atoms with Gasteiger partial charge in [-0.05, 0) is 108 Å². The van der Waals surface area contributed by atoms with Crippen LogP contribution in [0.1, 0.15) is 22.3 Å². The molecule has 6 N–H and O–H groups in total. The largest absolute Gasteiger partial charge is 0.396 e. The predicted octanol–water partition coefficient (Wildman–Crippen LogP) is 9.38. The van der Waals surface area contributed by atoms with Gasteiger partial charge in [0, 0.05) is 10.8 Å². The van der Waals surface area contributed by atoms with Crippen LogP contribution in [0.4, 0.5) is 34.1 Å². The molecule has 0 aromatic heterocycles. The van der Waals surface area contributed by atoms with E-state index in [1.165, 1.54) is 0 Å². The van der Waals surface area contributed by atoms with Gasteiger partial charge in [0.25, 0.3) is 20.2 Å². The fraction of sp³-hybridized carbons (Fsp3) is 0.111. The van der Waals surface area contributed by atoms with Gasteiger partial charge in [-0.25, -0.2) is 0 Å². The van der Waals surface area contributed by atoms with Crippen molar-refractivity contribution in [1.82, 2.24) is 0 Å². The second kappa shape index (κ2) is 12.7. The van der Waals surface area contributed by atoms with Crippen molar-refractivity contribution in [2.24, 2.45) is 20.5 Å². The SMILES string of the molecule is Cc1cc(-c2cc(C)c(/N=N/c3cc4ccccc4c(S(=O)(=O)O)c3N)c(C)c2)cc(C)c1/N=N/c1cc2ccccc2c(S(=O)(=O)O)c1N. The minimum atomic E-state index is -4.64. The molecule has 6 rings (SSSR count). The van der Waals surface area contributed by atoms with E-state index in [2.05, 4.69) is 20.5 Å². The number of benzene rings is 6. The molecule has 0 aliphatic rings. The molecule has 50 heavy (non-hydrogen) atoms. The van der Waals surface area contributed by atoms with Crippen LogP contribution in [0.25, 0.3) is 32.7 Å². The molecule has 0 aliphatic heterocycles. The third kappa shape index (κ3) is 6.44. The number of hydrogen-bond acceptors (Lipinski definition) is 10. The van der Waals surface area contributed by atoms with Crippen LogP contribution >= 0.6 is 0 Å². The number of nitrogen functional groups attached to an aromatic ring is 2. The summed E-state index contributed by atoms with van der Waals surface area (Å²) in [6.45, 7) is 7.54. The Balaban J connectivity index is 1.34. The van der Waals surface area contributed by atoms with Crippen LogP contribution in [-0.2, 0) is 20.2 Å². The van der Waals surface area contributed by atoms with Crippen LogP contribution in [0.3, 0.4) is 0 Å². The van der Waals surface area contributed by atoms with Gasteiger partial charge in [0.05, 0.1) is 22.7 Å². The number of nitrogens with two attached hydrogens (primary N) is 2. The molecule has 14 heteroatoms. The van der Waals surface area contributed by atoms with Crippen molar-refractivity contribution in [3.8, 4) is 11.1 Å². The van der Waals surface area contributed by atoms with Gasteiger partial charge < -0.3 is 11.5 Å². The molecule has 0 fully saturated rings. The van der Waals surface area contributed by atoms with E-state index in [4.69, 9.17) is 11.5 Å². The summed E-state index contributed by atoms with van der Waals surface area (Å²) < 4.78 is 68.6. The lowest BCUT2D eigenvalue weighted by molar-refractivity contribution is 0.482. The summed E-state index contributed by atoms with van der Waals surface area (Å²) in [5, 5.41) is 19.1. The normalized spacial score (nSPS) is 12.5. The van der Waals surface area contributed by atoms with Crippen molar-refractivity contribution in [3.05, 3.63) is 107 Å². The van der Waals surface area contributed by atoms with Gasteiger partial charge in [-0.1, -0.05) is 48.5 Å². The average Bonchev–Trinajstić information content (AvgIpc) is 3.02. The highest BCUT2D eigenvalue weighted by molar-refractivity contribution is 7.86. The Morgan fingerprint density at radius 3 is 1.14 bits per heavy atom. The van der Waals surface area contributed by atoms with Crippen molar-refractivity contribution >= 4 is 75.9 Å². The molecular formula is C36H32N6O6S2. The lowest BCUT2D eigenvalue weighted by atomic mass is 9.95. The Morgan fingerprint density at radius 1 is 0.500 bits per heavy atom. The van der Waals surface area contributed by atoms with E-state index in [0.717, 1.165) is 33.4 Å². The zero-order chi connectivity index (χ0) is 36.1. The van der Waals surface area contributed by atoms with E-state index < -0.39 is 30.0 Å². The number of rotatable bonds is 7. The van der Waals surface area contributed by atoms with Crippen molar-refractivity contribution < 1.29 is 25.9 Å². The van der Waals surface area contributed by atoms with Crippen LogP contribution in [0.5, 0.6) is 0 Å². The van der Waals surface area contributed by atoms with Crippen LogP contribution < -0.4 is 11.5 Å².